The molecule has 0 spiro atoms. The van der Waals surface area contributed by atoms with Gasteiger partial charge >= 0.3 is 5.69 Å². The molecule has 8 nitrogen and oxygen atoms in total. The first-order valence-corrected chi connectivity index (χ1v) is 10.2. The topological polar surface area (TPSA) is 109 Å². The number of hydrogen-bond donors (Lipinski definition) is 3. The van der Waals surface area contributed by atoms with Crippen molar-refractivity contribution in [1.29, 1.82) is 0 Å². The quantitative estimate of drug-likeness (QED) is 0.470. The van der Waals surface area contributed by atoms with Crippen LogP contribution in [-0.2, 0) is 7.05 Å². The molecule has 1 saturated carbocycles. The van der Waals surface area contributed by atoms with Crippen molar-refractivity contribution in [3.8, 4) is 0 Å². The molecule has 1 aromatic carbocycles. The maximum atomic E-state index is 11.6. The van der Waals surface area contributed by atoms with Crippen LogP contribution in [0.1, 0.15) is 37.7 Å². The number of imidazole rings is 1. The minimum absolute atomic E-state index is 0.0359. The van der Waals surface area contributed by atoms with Crippen LogP contribution in [0, 0.1) is 6.92 Å². The van der Waals surface area contributed by atoms with Crippen LogP contribution in [0.25, 0.3) is 22.1 Å². The standard InChI is InChI=1S/C16H14N6O.C6H12O/c1-9-6-12-10(4-3-5-17-12)7-11(9)19-15-18-8-13-14(20-15)21-16(23)22(13)2;7-6-4-2-1-3-5-6/h3-8H,1-2H3,(H2,18,19,20,21,23);6-7H,1-5H2. The predicted octanol–water partition coefficient (Wildman–Crippen LogP) is 3.57. The van der Waals surface area contributed by atoms with Gasteiger partial charge in [-0.3, -0.25) is 14.5 Å². The van der Waals surface area contributed by atoms with E-state index in [2.05, 4.69) is 25.3 Å². The van der Waals surface area contributed by atoms with E-state index in [0.29, 0.717) is 17.1 Å². The Balaban J connectivity index is 0.000000265. The smallest absolute Gasteiger partial charge is 0.327 e. The van der Waals surface area contributed by atoms with Crippen molar-refractivity contribution >= 4 is 33.7 Å². The fraction of sp³-hybridized carbons (Fsp3) is 0.364. The van der Waals surface area contributed by atoms with Crippen LogP contribution < -0.4 is 11.0 Å². The van der Waals surface area contributed by atoms with Crippen LogP contribution in [0.4, 0.5) is 11.6 Å². The molecule has 0 atom stereocenters. The zero-order valence-corrected chi connectivity index (χ0v) is 17.2. The monoisotopic (exact) mass is 406 g/mol. The van der Waals surface area contributed by atoms with E-state index in [9.17, 15) is 4.79 Å². The highest BCUT2D eigenvalue weighted by atomic mass is 16.3. The minimum Gasteiger partial charge on any atom is -0.393 e. The zero-order valence-electron chi connectivity index (χ0n) is 17.2. The van der Waals surface area contributed by atoms with Gasteiger partial charge in [0.1, 0.15) is 5.52 Å². The van der Waals surface area contributed by atoms with E-state index in [-0.39, 0.29) is 11.8 Å². The summed E-state index contributed by atoms with van der Waals surface area (Å²) in [4.78, 5) is 27.3. The molecule has 156 valence electrons. The third-order valence-corrected chi connectivity index (χ3v) is 5.43. The highest BCUT2D eigenvalue weighted by molar-refractivity contribution is 5.85. The Morgan fingerprint density at radius 2 is 2.00 bits per heavy atom. The minimum atomic E-state index is -0.209. The van der Waals surface area contributed by atoms with Gasteiger partial charge in [0, 0.05) is 24.3 Å². The summed E-state index contributed by atoms with van der Waals surface area (Å²) in [5.74, 6) is 0.436. The number of anilines is 2. The van der Waals surface area contributed by atoms with Gasteiger partial charge in [0.05, 0.1) is 17.8 Å². The van der Waals surface area contributed by atoms with Crippen LogP contribution in [0.15, 0.2) is 41.5 Å². The van der Waals surface area contributed by atoms with Crippen LogP contribution in [0.2, 0.25) is 0 Å². The molecule has 30 heavy (non-hydrogen) atoms. The number of aliphatic hydroxyl groups excluding tert-OH is 1. The molecule has 0 amide bonds. The number of fused-ring (bicyclic) bond motifs is 2. The average molecular weight is 406 g/mol. The van der Waals surface area contributed by atoms with Gasteiger partial charge in [-0.1, -0.05) is 25.3 Å². The summed E-state index contributed by atoms with van der Waals surface area (Å²) in [7, 11) is 1.68. The van der Waals surface area contributed by atoms with Gasteiger partial charge in [-0.25, -0.2) is 9.78 Å². The fourth-order valence-corrected chi connectivity index (χ4v) is 3.63. The van der Waals surface area contributed by atoms with Crippen molar-refractivity contribution in [2.24, 2.45) is 7.05 Å². The molecular formula is C22H26N6O2. The first-order chi connectivity index (χ1) is 14.5. The molecule has 3 aromatic heterocycles. The molecule has 5 rings (SSSR count). The van der Waals surface area contributed by atoms with Crippen LogP contribution >= 0.6 is 0 Å². The highest BCUT2D eigenvalue weighted by Crippen LogP contribution is 2.24. The summed E-state index contributed by atoms with van der Waals surface area (Å²) in [6.07, 6.45) is 9.33. The summed E-state index contributed by atoms with van der Waals surface area (Å²) in [5, 5.41) is 13.1. The van der Waals surface area contributed by atoms with Gasteiger partial charge in [-0.05, 0) is 43.5 Å². The number of benzene rings is 1. The fourth-order valence-electron chi connectivity index (χ4n) is 3.63. The number of aromatic amines is 1. The highest BCUT2D eigenvalue weighted by Gasteiger charge is 2.09. The van der Waals surface area contributed by atoms with Gasteiger partial charge in [-0.15, -0.1) is 0 Å². The van der Waals surface area contributed by atoms with Gasteiger partial charge in [0.25, 0.3) is 0 Å². The number of nitrogens with one attached hydrogen (secondary N) is 2. The lowest BCUT2D eigenvalue weighted by atomic mass is 9.98. The second-order valence-corrected chi connectivity index (χ2v) is 7.70. The molecule has 3 N–H and O–H groups in total. The number of aromatic nitrogens is 5. The van der Waals surface area contributed by atoms with Crippen molar-refractivity contribution in [3.63, 3.8) is 0 Å². The van der Waals surface area contributed by atoms with E-state index >= 15 is 0 Å². The number of pyridine rings is 1. The van der Waals surface area contributed by atoms with Crippen molar-refractivity contribution in [1.82, 2.24) is 24.5 Å². The van der Waals surface area contributed by atoms with E-state index in [0.717, 1.165) is 35.0 Å². The maximum absolute atomic E-state index is 11.6. The number of aliphatic hydroxyl groups is 1. The van der Waals surface area contributed by atoms with Gasteiger partial charge < -0.3 is 10.4 Å². The number of nitrogens with zero attached hydrogens (tertiary/aromatic N) is 4. The second-order valence-electron chi connectivity index (χ2n) is 7.70. The summed E-state index contributed by atoms with van der Waals surface area (Å²) < 4.78 is 1.48. The van der Waals surface area contributed by atoms with Crippen molar-refractivity contribution in [2.75, 3.05) is 5.32 Å². The first kappa shape index (κ1) is 20.0. The number of hydrogen-bond acceptors (Lipinski definition) is 6. The number of H-pyrrole nitrogens is 1. The SMILES string of the molecule is Cc1cc2ncccc2cc1Nc1ncc2c(n1)[nH]c(=O)n2C.OC1CCCCC1. The molecule has 0 bridgehead atoms. The van der Waals surface area contributed by atoms with Crippen molar-refractivity contribution in [3.05, 3.63) is 52.7 Å². The van der Waals surface area contributed by atoms with Crippen LogP contribution in [-0.4, -0.2) is 35.7 Å². The van der Waals surface area contributed by atoms with Crippen molar-refractivity contribution < 1.29 is 5.11 Å². The molecule has 1 fully saturated rings. The number of rotatable bonds is 2. The van der Waals surface area contributed by atoms with Crippen LogP contribution in [0.5, 0.6) is 0 Å². The Labute approximate surface area is 174 Å². The zero-order chi connectivity index (χ0) is 21.1. The molecule has 8 heteroatoms. The molecule has 4 aromatic rings. The Morgan fingerprint density at radius 1 is 1.20 bits per heavy atom. The Hall–Kier alpha value is -3.26. The second kappa shape index (κ2) is 8.62. The molecule has 1 aliphatic rings. The third-order valence-electron chi connectivity index (χ3n) is 5.43. The average Bonchev–Trinajstić information content (AvgIpc) is 3.03. The lowest BCUT2D eigenvalue weighted by Gasteiger charge is -2.14. The molecule has 1 aliphatic carbocycles. The largest absolute Gasteiger partial charge is 0.393 e. The normalized spacial score (nSPS) is 14.5. The van der Waals surface area contributed by atoms with Gasteiger partial charge in [0.15, 0.2) is 5.65 Å². The van der Waals surface area contributed by atoms with Crippen LogP contribution in [0.3, 0.4) is 0 Å². The first-order valence-electron chi connectivity index (χ1n) is 10.2. The predicted molar refractivity (Wildman–Crippen MR) is 118 cm³/mol. The van der Waals surface area contributed by atoms with E-state index in [1.165, 1.54) is 23.8 Å². The maximum Gasteiger partial charge on any atom is 0.327 e. The summed E-state index contributed by atoms with van der Waals surface area (Å²) in [6.45, 7) is 2.00. The van der Waals surface area contributed by atoms with E-state index < -0.39 is 0 Å². The van der Waals surface area contributed by atoms with E-state index in [4.69, 9.17) is 5.11 Å². The van der Waals surface area contributed by atoms with Gasteiger partial charge in [0.2, 0.25) is 5.95 Å². The van der Waals surface area contributed by atoms with Crippen molar-refractivity contribution in [2.45, 2.75) is 45.1 Å². The summed E-state index contributed by atoms with van der Waals surface area (Å²) in [6, 6.07) is 7.93. The Bertz CT molecular complexity index is 1220. The Kier molecular flexibility index (Phi) is 5.76. The van der Waals surface area contributed by atoms with E-state index in [1.807, 2.05) is 31.2 Å². The molecular weight excluding hydrogens is 380 g/mol. The molecule has 0 unspecified atom stereocenters. The summed E-state index contributed by atoms with van der Waals surface area (Å²) in [5.41, 5.74) is 3.86. The molecule has 0 aliphatic heterocycles. The summed E-state index contributed by atoms with van der Waals surface area (Å²) >= 11 is 0. The molecule has 0 radical (unpaired) electrons. The third kappa shape index (κ3) is 4.33. The van der Waals surface area contributed by atoms with Gasteiger partial charge in [-0.2, -0.15) is 4.98 Å². The molecule has 3 heterocycles. The van der Waals surface area contributed by atoms with E-state index in [1.54, 1.807) is 19.4 Å². The Morgan fingerprint density at radius 3 is 2.73 bits per heavy atom. The molecule has 0 saturated heterocycles. The number of aryl methyl sites for hydroxylation is 2. The lowest BCUT2D eigenvalue weighted by molar-refractivity contribution is 0.130. The lowest BCUT2D eigenvalue weighted by Crippen LogP contribution is -2.11.